The molecule has 0 bridgehead atoms. The zero-order valence-electron chi connectivity index (χ0n) is 34.4. The van der Waals surface area contributed by atoms with E-state index in [0.717, 1.165) is 0 Å². The molecule has 0 radical (unpaired) electrons. The smallest absolute Gasteiger partial charge is 0.328 e. The lowest BCUT2D eigenvalue weighted by molar-refractivity contribution is -0.145. The number of carbonyl (C=O) groups is 7. The summed E-state index contributed by atoms with van der Waals surface area (Å²) in [6.07, 6.45) is 0.287. The Morgan fingerprint density at radius 3 is 1.41 bits per heavy atom. The third kappa shape index (κ3) is 16.9. The van der Waals surface area contributed by atoms with Crippen molar-refractivity contribution < 1.29 is 48.9 Å². The van der Waals surface area contributed by atoms with Crippen LogP contribution in [0.25, 0.3) is 0 Å². The zero-order chi connectivity index (χ0) is 45.8. The maximum atomic E-state index is 14.3. The molecule has 2 rings (SSSR count). The fourth-order valence-corrected chi connectivity index (χ4v) is 6.85. The normalized spacial score (nSPS) is 18.9. The number of guanidine groups is 3. The van der Waals surface area contributed by atoms with Crippen LogP contribution < -0.4 is 61.4 Å². The molecule has 26 nitrogen and oxygen atoms in total. The molecule has 2 aliphatic heterocycles. The van der Waals surface area contributed by atoms with E-state index >= 15 is 0 Å². The molecule has 0 aromatic rings. The van der Waals surface area contributed by atoms with Crippen LogP contribution in [0.15, 0.2) is 15.0 Å². The minimum atomic E-state index is -1.69. The lowest BCUT2D eigenvalue weighted by atomic mass is 10.0. The van der Waals surface area contributed by atoms with Gasteiger partial charge in [-0.15, -0.1) is 0 Å². The van der Waals surface area contributed by atoms with E-state index in [9.17, 15) is 48.9 Å². The summed E-state index contributed by atoms with van der Waals surface area (Å²) in [5.74, 6) is -6.51. The van der Waals surface area contributed by atoms with Gasteiger partial charge >= 0.3 is 5.97 Å². The van der Waals surface area contributed by atoms with Crippen molar-refractivity contribution in [1.82, 2.24) is 31.1 Å². The molecule has 2 saturated heterocycles. The number of likely N-dealkylation sites (tertiary alicyclic amines) is 2. The maximum Gasteiger partial charge on any atom is 0.328 e. The highest BCUT2D eigenvalue weighted by Crippen LogP contribution is 2.22. The molecule has 8 atom stereocenters. The van der Waals surface area contributed by atoms with E-state index in [4.69, 9.17) is 40.1 Å². The minimum Gasteiger partial charge on any atom is -0.480 e. The van der Waals surface area contributed by atoms with E-state index in [1.807, 2.05) is 0 Å². The van der Waals surface area contributed by atoms with E-state index in [-0.39, 0.29) is 102 Å². The summed E-state index contributed by atoms with van der Waals surface area (Å²) in [4.78, 5) is 108. The second-order valence-corrected chi connectivity index (χ2v) is 14.8. The third-order valence-electron chi connectivity index (χ3n) is 9.95. The molecule has 0 aromatic heterocycles. The Hall–Kier alpha value is -6.02. The number of carbonyl (C=O) groups excluding carboxylic acids is 6. The van der Waals surface area contributed by atoms with Crippen molar-refractivity contribution in [3.63, 3.8) is 0 Å². The summed E-state index contributed by atoms with van der Waals surface area (Å²) in [7, 11) is 0. The van der Waals surface area contributed by atoms with Crippen LogP contribution in [-0.4, -0.2) is 172 Å². The van der Waals surface area contributed by atoms with Gasteiger partial charge in [0.25, 0.3) is 0 Å². The standard InChI is InChI=1S/C35H64N16O10/c1-18(53)25(32(60)61)49-27(55)21(8-3-13-44-34(39)40)47-29(57)24-11-6-16-51(24)31(59)22(9-4-14-45-35(41)42)48-26(54)20(7-2-12-43-33(37)38)46-28(56)23-10-5-15-50(23)30(58)19(36)17-52/h18-25,52-53H,2-17,36H2,1H3,(H,46,56)(H,47,57)(H,48,54)(H,49,55)(H,60,61)(H4,37,38,43)(H4,39,40,44)(H4,41,42,45). The second-order valence-electron chi connectivity index (χ2n) is 14.8. The first-order chi connectivity index (χ1) is 28.8. The average molecular weight is 869 g/mol. The number of aliphatic imine (C=N–C) groups is 3. The Morgan fingerprint density at radius 2 is 1.03 bits per heavy atom. The van der Waals surface area contributed by atoms with Gasteiger partial charge in [0, 0.05) is 32.7 Å². The molecule has 0 aliphatic carbocycles. The molecular formula is C35H64N16O10. The number of aliphatic hydroxyl groups excluding tert-OH is 2. The van der Waals surface area contributed by atoms with Crippen molar-refractivity contribution >= 4 is 59.3 Å². The lowest BCUT2D eigenvalue weighted by Crippen LogP contribution is -2.59. The van der Waals surface area contributed by atoms with Crippen LogP contribution in [0.5, 0.6) is 0 Å². The van der Waals surface area contributed by atoms with Gasteiger partial charge in [-0.05, 0) is 71.1 Å². The van der Waals surface area contributed by atoms with E-state index in [1.54, 1.807) is 0 Å². The van der Waals surface area contributed by atoms with Gasteiger partial charge in [-0.25, -0.2) is 4.79 Å². The monoisotopic (exact) mass is 868 g/mol. The maximum absolute atomic E-state index is 14.3. The molecule has 21 N–H and O–H groups in total. The molecule has 0 saturated carbocycles. The second kappa shape index (κ2) is 25.6. The SMILES string of the molecule is CC(O)C(NC(=O)C(CCCN=C(N)N)NC(=O)C1CCCN1C(=O)C(CCCN=C(N)N)NC(=O)C(CCCN=C(N)N)NC(=O)C1CCCN1C(=O)C(N)CO)C(=O)O. The molecule has 0 aromatic carbocycles. The highest BCUT2D eigenvalue weighted by atomic mass is 16.4. The topological polar surface area (TPSA) is 454 Å². The Labute approximate surface area is 352 Å². The van der Waals surface area contributed by atoms with Crippen molar-refractivity contribution in [2.24, 2.45) is 55.1 Å². The van der Waals surface area contributed by atoms with Crippen molar-refractivity contribution in [3.05, 3.63) is 0 Å². The van der Waals surface area contributed by atoms with Crippen molar-refractivity contribution in [2.45, 2.75) is 120 Å². The first kappa shape index (κ1) is 51.1. The third-order valence-corrected chi connectivity index (χ3v) is 9.95. The van der Waals surface area contributed by atoms with Gasteiger partial charge in [0.2, 0.25) is 35.4 Å². The molecule has 26 heteroatoms. The number of nitrogens with two attached hydrogens (primary N) is 7. The lowest BCUT2D eigenvalue weighted by Gasteiger charge is -2.31. The van der Waals surface area contributed by atoms with Gasteiger partial charge < -0.3 is 86.5 Å². The van der Waals surface area contributed by atoms with Crippen LogP contribution >= 0.6 is 0 Å². The number of hydrogen-bond donors (Lipinski definition) is 14. The summed E-state index contributed by atoms with van der Waals surface area (Å²) in [5.41, 5.74) is 38.4. The highest BCUT2D eigenvalue weighted by Gasteiger charge is 2.41. The van der Waals surface area contributed by atoms with Crippen molar-refractivity contribution in [3.8, 4) is 0 Å². The fourth-order valence-electron chi connectivity index (χ4n) is 6.85. The zero-order valence-corrected chi connectivity index (χ0v) is 34.4. The number of nitrogens with one attached hydrogen (secondary N) is 4. The summed E-state index contributed by atoms with van der Waals surface area (Å²) in [6, 6.07) is -8.92. The van der Waals surface area contributed by atoms with Gasteiger partial charge in [-0.2, -0.15) is 0 Å². The Bertz CT molecular complexity index is 1620. The number of nitrogens with zero attached hydrogens (tertiary/aromatic N) is 5. The molecular weight excluding hydrogens is 804 g/mol. The van der Waals surface area contributed by atoms with Gasteiger partial charge in [0.05, 0.1) is 12.7 Å². The van der Waals surface area contributed by atoms with Crippen LogP contribution in [0.4, 0.5) is 0 Å². The van der Waals surface area contributed by atoms with Crippen LogP contribution in [0.1, 0.15) is 71.1 Å². The molecule has 0 spiro atoms. The van der Waals surface area contributed by atoms with Gasteiger partial charge in [0.15, 0.2) is 23.9 Å². The number of aliphatic hydroxyl groups is 2. The van der Waals surface area contributed by atoms with E-state index in [1.165, 1.54) is 16.7 Å². The van der Waals surface area contributed by atoms with Crippen LogP contribution in [0.3, 0.4) is 0 Å². The largest absolute Gasteiger partial charge is 0.480 e. The van der Waals surface area contributed by atoms with Gasteiger partial charge in [-0.1, -0.05) is 0 Å². The van der Waals surface area contributed by atoms with Crippen molar-refractivity contribution in [1.29, 1.82) is 0 Å². The Balaban J connectivity index is 2.39. The molecule has 2 fully saturated rings. The minimum absolute atomic E-state index is 0.000733. The fraction of sp³-hybridized carbons (Fsp3) is 0.714. The summed E-state index contributed by atoms with van der Waals surface area (Å²) in [6.45, 7) is 1.07. The van der Waals surface area contributed by atoms with Gasteiger partial charge in [0.1, 0.15) is 36.3 Å². The average Bonchev–Trinajstić information content (AvgIpc) is 3.90. The number of hydrogen-bond acceptors (Lipinski definition) is 13. The molecule has 8 unspecified atom stereocenters. The van der Waals surface area contributed by atoms with Gasteiger partial charge in [-0.3, -0.25) is 43.7 Å². The first-order valence-electron chi connectivity index (χ1n) is 20.0. The van der Waals surface area contributed by atoms with Crippen LogP contribution in [-0.2, 0) is 33.6 Å². The summed E-state index contributed by atoms with van der Waals surface area (Å²) in [5, 5.41) is 39.1. The number of carboxylic acids is 1. The van der Waals surface area contributed by atoms with E-state index in [2.05, 4.69) is 36.2 Å². The van der Waals surface area contributed by atoms with Crippen LogP contribution in [0.2, 0.25) is 0 Å². The molecule has 6 amide bonds. The summed E-state index contributed by atoms with van der Waals surface area (Å²) >= 11 is 0. The molecule has 2 heterocycles. The Morgan fingerprint density at radius 1 is 0.639 bits per heavy atom. The van der Waals surface area contributed by atoms with E-state index in [0.29, 0.717) is 12.8 Å². The number of aliphatic carboxylic acids is 1. The highest BCUT2D eigenvalue weighted by molar-refractivity contribution is 5.97. The summed E-state index contributed by atoms with van der Waals surface area (Å²) < 4.78 is 0. The molecule has 344 valence electrons. The Kier molecular flexibility index (Phi) is 21.4. The predicted octanol–water partition coefficient (Wildman–Crippen LogP) is -7.15. The first-order valence-corrected chi connectivity index (χ1v) is 20.0. The molecule has 2 aliphatic rings. The number of amides is 6. The number of rotatable bonds is 25. The predicted molar refractivity (Wildman–Crippen MR) is 221 cm³/mol. The van der Waals surface area contributed by atoms with Crippen LogP contribution in [0, 0.1) is 0 Å². The quantitative estimate of drug-likeness (QED) is 0.0230. The molecule has 61 heavy (non-hydrogen) atoms. The van der Waals surface area contributed by atoms with E-state index < -0.39 is 96.4 Å². The van der Waals surface area contributed by atoms with Crippen molar-refractivity contribution in [2.75, 3.05) is 39.3 Å². The number of carboxylic acid groups (broad SMARTS) is 1.